The molecule has 42 heavy (non-hydrogen) atoms. The van der Waals surface area contributed by atoms with Crippen LogP contribution in [-0.2, 0) is 22.4 Å². The molecule has 3 amide bonds. The molecule has 2 aromatic carbocycles. The Hall–Kier alpha value is -4.55. The number of aromatic amines is 1. The summed E-state index contributed by atoms with van der Waals surface area (Å²) in [7, 11) is -1.78. The van der Waals surface area contributed by atoms with E-state index in [1.165, 1.54) is 18.6 Å². The van der Waals surface area contributed by atoms with Gasteiger partial charge in [-0.05, 0) is 29.5 Å². The van der Waals surface area contributed by atoms with E-state index in [2.05, 4.69) is 30.9 Å². The van der Waals surface area contributed by atoms with Gasteiger partial charge < -0.3 is 31.0 Å². The van der Waals surface area contributed by atoms with Gasteiger partial charge in [-0.1, -0.05) is 62.4 Å². The highest BCUT2D eigenvalue weighted by Crippen LogP contribution is 2.20. The average Bonchev–Trinajstić information content (AvgIpc) is 3.39. The summed E-state index contributed by atoms with van der Waals surface area (Å²) in [6, 6.07) is 14.6. The van der Waals surface area contributed by atoms with Crippen LogP contribution in [0.25, 0.3) is 10.9 Å². The molecule has 6 N–H and O–H groups in total. The molecule has 0 unspecified atom stereocenters. The molecule has 2 aromatic heterocycles. The summed E-state index contributed by atoms with van der Waals surface area (Å²) in [5.41, 5.74) is 2.51. The lowest BCUT2D eigenvalue weighted by atomic mass is 9.75. The number of hydrogen-bond donors (Lipinski definition) is 6. The highest BCUT2D eigenvalue weighted by atomic mass is 16.4. The number of benzene rings is 2. The van der Waals surface area contributed by atoms with E-state index in [0.717, 1.165) is 22.0 Å². The Labute approximate surface area is 244 Å². The van der Waals surface area contributed by atoms with E-state index in [1.54, 1.807) is 6.20 Å². The normalized spacial score (nSPS) is 13.3. The molecule has 11 nitrogen and oxygen atoms in total. The lowest BCUT2D eigenvalue weighted by Gasteiger charge is -2.26. The van der Waals surface area contributed by atoms with E-state index in [9.17, 15) is 24.4 Å². The number of nitrogens with one attached hydrogen (secondary N) is 4. The molecule has 2 heterocycles. The monoisotopic (exact) mass is 570 g/mol. The van der Waals surface area contributed by atoms with Crippen LogP contribution in [0.2, 0.25) is 0 Å². The molecule has 0 aliphatic carbocycles. The molecule has 0 radical (unpaired) electrons. The molecule has 0 fully saturated rings. The standard InChI is InChI=1S/C30H35BN6O5/c1-19(2)14-27(31(41)42)37-29(39)25(16-21-17-34-23-11-7-6-10-22(21)23)36-28(38)24(15-20-8-4-3-5-9-20)35-30(40)26-18-32-12-13-33-26/h3-13,17-19,24-25,27,34,41-42H,14-16H2,1-2H3,(H,35,40)(H,36,38)(H,37,39)/t24-,25-,27+/m0/s1. The summed E-state index contributed by atoms with van der Waals surface area (Å²) in [5.74, 6) is -2.61. The predicted molar refractivity (Wildman–Crippen MR) is 159 cm³/mol. The Morgan fingerprint density at radius 2 is 1.57 bits per heavy atom. The average molecular weight is 570 g/mol. The Kier molecular flexibility index (Phi) is 10.4. The zero-order chi connectivity index (χ0) is 30.1. The minimum atomic E-state index is -1.78. The van der Waals surface area contributed by atoms with Crippen molar-refractivity contribution in [3.63, 3.8) is 0 Å². The summed E-state index contributed by atoms with van der Waals surface area (Å²) in [6.45, 7) is 3.81. The van der Waals surface area contributed by atoms with Crippen LogP contribution in [0.1, 0.15) is 41.9 Å². The first kappa shape index (κ1) is 30.4. The fourth-order valence-corrected chi connectivity index (χ4v) is 4.76. The van der Waals surface area contributed by atoms with Crippen molar-refractivity contribution in [2.45, 2.75) is 51.1 Å². The van der Waals surface area contributed by atoms with Crippen LogP contribution >= 0.6 is 0 Å². The van der Waals surface area contributed by atoms with Gasteiger partial charge in [0.1, 0.15) is 17.8 Å². The largest absolute Gasteiger partial charge is 0.475 e. The minimum absolute atomic E-state index is 0.0462. The first-order chi connectivity index (χ1) is 20.2. The van der Waals surface area contributed by atoms with Gasteiger partial charge in [-0.25, -0.2) is 4.98 Å². The van der Waals surface area contributed by atoms with Gasteiger partial charge in [0.05, 0.1) is 12.1 Å². The van der Waals surface area contributed by atoms with Crippen LogP contribution < -0.4 is 16.0 Å². The molecule has 0 bridgehead atoms. The van der Waals surface area contributed by atoms with Crippen molar-refractivity contribution in [3.8, 4) is 0 Å². The Bertz CT molecular complexity index is 1480. The van der Waals surface area contributed by atoms with Crippen LogP contribution in [0.3, 0.4) is 0 Å². The van der Waals surface area contributed by atoms with Crippen molar-refractivity contribution in [1.29, 1.82) is 0 Å². The van der Waals surface area contributed by atoms with Gasteiger partial charge in [-0.2, -0.15) is 0 Å². The van der Waals surface area contributed by atoms with Gasteiger partial charge in [0.25, 0.3) is 5.91 Å². The Morgan fingerprint density at radius 1 is 0.881 bits per heavy atom. The van der Waals surface area contributed by atoms with Crippen LogP contribution in [0.4, 0.5) is 0 Å². The third-order valence-corrected chi connectivity index (χ3v) is 6.85. The fourth-order valence-electron chi connectivity index (χ4n) is 4.76. The molecular formula is C30H35BN6O5. The van der Waals surface area contributed by atoms with E-state index in [4.69, 9.17) is 0 Å². The van der Waals surface area contributed by atoms with Crippen molar-refractivity contribution < 1.29 is 24.4 Å². The number of H-pyrrole nitrogens is 1. The predicted octanol–water partition coefficient (Wildman–Crippen LogP) is 1.57. The zero-order valence-corrected chi connectivity index (χ0v) is 23.5. The van der Waals surface area contributed by atoms with Gasteiger partial charge in [0.15, 0.2) is 0 Å². The number of hydrogen-bond acceptors (Lipinski definition) is 7. The number of rotatable bonds is 13. The van der Waals surface area contributed by atoms with E-state index in [-0.39, 0.29) is 24.5 Å². The molecule has 0 aliphatic heterocycles. The second-order valence-electron chi connectivity index (χ2n) is 10.6. The quantitative estimate of drug-likeness (QED) is 0.133. The summed E-state index contributed by atoms with van der Waals surface area (Å²) in [5, 5.41) is 29.0. The van der Waals surface area contributed by atoms with Crippen molar-refractivity contribution in [3.05, 3.63) is 96.2 Å². The minimum Gasteiger partial charge on any atom is -0.426 e. The SMILES string of the molecule is CC(C)C[C@@H](NC(=O)[C@H](Cc1c[nH]c2ccccc12)NC(=O)[C@H](Cc1ccccc1)NC(=O)c1cnccn1)B(O)O. The molecule has 0 aliphatic rings. The summed E-state index contributed by atoms with van der Waals surface area (Å²) < 4.78 is 0. The summed E-state index contributed by atoms with van der Waals surface area (Å²) >= 11 is 0. The summed E-state index contributed by atoms with van der Waals surface area (Å²) in [4.78, 5) is 51.4. The molecule has 3 atom stereocenters. The fraction of sp³-hybridized carbons (Fsp3) is 0.300. The van der Waals surface area contributed by atoms with Gasteiger partial charge in [-0.3, -0.25) is 19.4 Å². The molecule has 0 saturated carbocycles. The van der Waals surface area contributed by atoms with Crippen LogP contribution in [-0.4, -0.2) is 67.9 Å². The number of fused-ring (bicyclic) bond motifs is 1. The van der Waals surface area contributed by atoms with Gasteiger partial charge in [0.2, 0.25) is 11.8 Å². The highest BCUT2D eigenvalue weighted by Gasteiger charge is 2.32. The Balaban J connectivity index is 1.61. The maximum Gasteiger partial charge on any atom is 0.475 e. The zero-order valence-electron chi connectivity index (χ0n) is 23.5. The molecule has 4 rings (SSSR count). The maximum atomic E-state index is 13.8. The Morgan fingerprint density at radius 3 is 2.26 bits per heavy atom. The third kappa shape index (κ3) is 8.24. The van der Waals surface area contributed by atoms with Crippen LogP contribution in [0, 0.1) is 5.92 Å². The van der Waals surface area contributed by atoms with Gasteiger partial charge in [0, 0.05) is 42.3 Å². The van der Waals surface area contributed by atoms with Crippen molar-refractivity contribution in [2.75, 3.05) is 0 Å². The van der Waals surface area contributed by atoms with Gasteiger partial charge in [-0.15, -0.1) is 0 Å². The van der Waals surface area contributed by atoms with Crippen LogP contribution in [0.5, 0.6) is 0 Å². The summed E-state index contributed by atoms with van der Waals surface area (Å²) in [6.07, 6.45) is 6.50. The van der Waals surface area contributed by atoms with Crippen molar-refractivity contribution >= 4 is 35.7 Å². The first-order valence-electron chi connectivity index (χ1n) is 13.8. The number of nitrogens with zero attached hydrogens (tertiary/aromatic N) is 2. The first-order valence-corrected chi connectivity index (χ1v) is 13.8. The number of carbonyl (C=O) groups excluding carboxylic acids is 3. The lowest BCUT2D eigenvalue weighted by Crippen LogP contribution is -2.58. The number of amides is 3. The second-order valence-corrected chi connectivity index (χ2v) is 10.6. The molecule has 218 valence electrons. The van der Waals surface area contributed by atoms with E-state index >= 15 is 0 Å². The van der Waals surface area contributed by atoms with Crippen LogP contribution in [0.15, 0.2) is 79.4 Å². The molecule has 12 heteroatoms. The third-order valence-electron chi connectivity index (χ3n) is 6.85. The van der Waals surface area contributed by atoms with Crippen molar-refractivity contribution in [1.82, 2.24) is 30.9 Å². The number of carbonyl (C=O) groups is 3. The van der Waals surface area contributed by atoms with Crippen molar-refractivity contribution in [2.24, 2.45) is 5.92 Å². The number of para-hydroxylation sites is 1. The van der Waals surface area contributed by atoms with Gasteiger partial charge >= 0.3 is 7.12 Å². The topological polar surface area (TPSA) is 169 Å². The molecule has 0 spiro atoms. The molecule has 0 saturated heterocycles. The maximum absolute atomic E-state index is 13.8. The van der Waals surface area contributed by atoms with E-state index in [0.29, 0.717) is 6.42 Å². The smallest absolute Gasteiger partial charge is 0.426 e. The second kappa shape index (κ2) is 14.4. The van der Waals surface area contributed by atoms with E-state index in [1.807, 2.05) is 68.4 Å². The molecule has 4 aromatic rings. The lowest BCUT2D eigenvalue weighted by molar-refractivity contribution is -0.130. The van der Waals surface area contributed by atoms with E-state index < -0.39 is 42.9 Å². The highest BCUT2D eigenvalue weighted by molar-refractivity contribution is 6.43. The number of aromatic nitrogens is 3. The molecular weight excluding hydrogens is 535 g/mol.